The Morgan fingerprint density at radius 2 is 2.06 bits per heavy atom. The molecule has 0 N–H and O–H groups in total. The standard InChI is InChI=1S/C15H18NO/c1-4-17-14-9-13-11-7-5-6-8-12(11)15(14)10(2)16(13)3/h4-8,13-15H,1,9H2,2-3H3/q+1/t13-,14-,15+/m0/s1. The topological polar surface area (TPSA) is 12.2 Å². The van der Waals surface area contributed by atoms with Crippen LogP contribution >= 0.6 is 0 Å². The average molecular weight is 228 g/mol. The van der Waals surface area contributed by atoms with Crippen LogP contribution < -0.4 is 0 Å². The lowest BCUT2D eigenvalue weighted by Gasteiger charge is -2.39. The summed E-state index contributed by atoms with van der Waals surface area (Å²) < 4.78 is 8.11. The molecule has 2 bridgehead atoms. The van der Waals surface area contributed by atoms with E-state index in [4.69, 9.17) is 4.74 Å². The van der Waals surface area contributed by atoms with E-state index >= 15 is 0 Å². The average Bonchev–Trinajstić information content (AvgIpc) is 2.35. The van der Waals surface area contributed by atoms with Crippen molar-refractivity contribution in [2.45, 2.75) is 31.4 Å². The Hall–Kier alpha value is -1.57. The normalized spacial score (nSPS) is 30.1. The van der Waals surface area contributed by atoms with Crippen molar-refractivity contribution in [2.75, 3.05) is 7.05 Å². The fourth-order valence-electron chi connectivity index (χ4n) is 3.36. The van der Waals surface area contributed by atoms with Gasteiger partial charge in [0.25, 0.3) is 0 Å². The summed E-state index contributed by atoms with van der Waals surface area (Å²) in [5.74, 6) is 0.388. The van der Waals surface area contributed by atoms with E-state index in [2.05, 4.69) is 49.4 Å². The van der Waals surface area contributed by atoms with Gasteiger partial charge in [-0.25, -0.2) is 4.58 Å². The Balaban J connectivity index is 2.14. The fourth-order valence-corrected chi connectivity index (χ4v) is 3.36. The van der Waals surface area contributed by atoms with E-state index in [0.29, 0.717) is 12.0 Å². The van der Waals surface area contributed by atoms with Crippen LogP contribution in [-0.4, -0.2) is 23.4 Å². The molecule has 88 valence electrons. The molecule has 1 aromatic rings. The van der Waals surface area contributed by atoms with E-state index < -0.39 is 0 Å². The zero-order valence-electron chi connectivity index (χ0n) is 10.4. The first kappa shape index (κ1) is 10.6. The Morgan fingerprint density at radius 3 is 2.76 bits per heavy atom. The van der Waals surface area contributed by atoms with Crippen LogP contribution in [0.5, 0.6) is 0 Å². The van der Waals surface area contributed by atoms with Crippen LogP contribution in [-0.2, 0) is 4.74 Å². The highest BCUT2D eigenvalue weighted by atomic mass is 16.5. The Bertz CT molecular complexity index is 503. The molecule has 2 heterocycles. The number of nitrogens with zero attached hydrogens (tertiary/aromatic N) is 1. The maximum atomic E-state index is 5.71. The molecule has 0 radical (unpaired) electrons. The minimum atomic E-state index is 0.253. The maximum Gasteiger partial charge on any atom is 0.181 e. The highest BCUT2D eigenvalue weighted by Crippen LogP contribution is 2.45. The van der Waals surface area contributed by atoms with E-state index in [0.717, 1.165) is 6.42 Å². The van der Waals surface area contributed by atoms with Crippen LogP contribution in [0.1, 0.15) is 36.4 Å². The van der Waals surface area contributed by atoms with Crippen LogP contribution in [0.15, 0.2) is 37.1 Å². The van der Waals surface area contributed by atoms with Gasteiger partial charge in [0, 0.05) is 12.5 Å². The summed E-state index contributed by atoms with van der Waals surface area (Å²) in [5, 5.41) is 0. The molecule has 0 aromatic heterocycles. The van der Waals surface area contributed by atoms with E-state index in [1.165, 1.54) is 16.8 Å². The van der Waals surface area contributed by atoms with E-state index in [9.17, 15) is 0 Å². The minimum Gasteiger partial charge on any atom is -0.497 e. The van der Waals surface area contributed by atoms with Crippen molar-refractivity contribution in [1.82, 2.24) is 0 Å². The van der Waals surface area contributed by atoms with Crippen LogP contribution in [0.4, 0.5) is 0 Å². The van der Waals surface area contributed by atoms with E-state index in [1.807, 2.05) is 0 Å². The highest BCUT2D eigenvalue weighted by molar-refractivity contribution is 5.87. The number of rotatable bonds is 2. The molecule has 0 spiro atoms. The number of hydrogen-bond acceptors (Lipinski definition) is 1. The molecule has 1 aromatic carbocycles. The first-order chi connectivity index (χ1) is 8.24. The van der Waals surface area contributed by atoms with Crippen LogP contribution in [0.2, 0.25) is 0 Å². The van der Waals surface area contributed by atoms with Gasteiger partial charge in [0.2, 0.25) is 0 Å². The molecule has 2 nitrogen and oxygen atoms in total. The molecule has 0 saturated carbocycles. The lowest BCUT2D eigenvalue weighted by molar-refractivity contribution is -0.558. The zero-order valence-corrected chi connectivity index (χ0v) is 10.4. The van der Waals surface area contributed by atoms with E-state index in [-0.39, 0.29) is 6.10 Å². The first-order valence-corrected chi connectivity index (χ1v) is 6.15. The fraction of sp³-hybridized carbons (Fsp3) is 0.400. The second kappa shape index (κ2) is 3.73. The largest absolute Gasteiger partial charge is 0.497 e. The summed E-state index contributed by atoms with van der Waals surface area (Å²) >= 11 is 0. The smallest absolute Gasteiger partial charge is 0.181 e. The highest BCUT2D eigenvalue weighted by Gasteiger charge is 2.48. The van der Waals surface area contributed by atoms with Crippen molar-refractivity contribution in [3.8, 4) is 0 Å². The second-order valence-corrected chi connectivity index (χ2v) is 4.95. The summed E-state index contributed by atoms with van der Waals surface area (Å²) in [5.41, 5.74) is 4.31. The van der Waals surface area contributed by atoms with Gasteiger partial charge in [-0.1, -0.05) is 30.8 Å². The molecular formula is C15H18NO+. The SMILES string of the molecule is C=CO[C@H]1C[C@H]2c3ccccc3[C@H]1C(C)=[N+]2C. The lowest BCUT2D eigenvalue weighted by atomic mass is 9.72. The molecule has 0 amide bonds. The molecule has 2 heteroatoms. The number of hydrogen-bond donors (Lipinski definition) is 0. The minimum absolute atomic E-state index is 0.253. The van der Waals surface area contributed by atoms with Gasteiger partial charge < -0.3 is 4.74 Å². The second-order valence-electron chi connectivity index (χ2n) is 4.95. The number of ether oxygens (including phenoxy) is 1. The van der Waals surface area contributed by atoms with Crippen molar-refractivity contribution in [3.05, 3.63) is 48.2 Å². The van der Waals surface area contributed by atoms with Gasteiger partial charge in [-0.05, 0) is 5.56 Å². The zero-order chi connectivity index (χ0) is 12.0. The van der Waals surface area contributed by atoms with Crippen molar-refractivity contribution < 1.29 is 9.31 Å². The predicted molar refractivity (Wildman–Crippen MR) is 68.5 cm³/mol. The summed E-state index contributed by atoms with van der Waals surface area (Å²) in [6.07, 6.45) is 2.89. The molecule has 0 unspecified atom stereocenters. The van der Waals surface area contributed by atoms with Crippen LogP contribution in [0.25, 0.3) is 0 Å². The molecular weight excluding hydrogens is 210 g/mol. The first-order valence-electron chi connectivity index (χ1n) is 6.15. The van der Waals surface area contributed by atoms with Gasteiger partial charge >= 0.3 is 0 Å². The third-order valence-electron chi connectivity index (χ3n) is 4.26. The molecule has 4 rings (SSSR count). The van der Waals surface area contributed by atoms with Crippen LogP contribution in [0.3, 0.4) is 0 Å². The molecule has 1 aliphatic carbocycles. The third kappa shape index (κ3) is 1.36. The monoisotopic (exact) mass is 228 g/mol. The van der Waals surface area contributed by atoms with E-state index in [1.54, 1.807) is 6.26 Å². The Kier molecular flexibility index (Phi) is 2.32. The lowest BCUT2D eigenvalue weighted by Crippen LogP contribution is -2.45. The van der Waals surface area contributed by atoms with Crippen molar-refractivity contribution in [1.29, 1.82) is 0 Å². The maximum absolute atomic E-state index is 5.71. The quantitative estimate of drug-likeness (QED) is 0.560. The van der Waals surface area contributed by atoms with Crippen molar-refractivity contribution in [2.24, 2.45) is 0 Å². The summed E-state index contributed by atoms with van der Waals surface area (Å²) in [6.45, 7) is 5.91. The Labute approximate surface area is 102 Å². The Morgan fingerprint density at radius 1 is 1.35 bits per heavy atom. The summed E-state index contributed by atoms with van der Waals surface area (Å²) in [6, 6.07) is 9.20. The van der Waals surface area contributed by atoms with Gasteiger partial charge in [-0.15, -0.1) is 0 Å². The number of fused-ring (bicyclic) bond motifs is 1. The van der Waals surface area contributed by atoms with Crippen molar-refractivity contribution in [3.63, 3.8) is 0 Å². The predicted octanol–water partition coefficient (Wildman–Crippen LogP) is 2.86. The number of benzene rings is 1. The third-order valence-corrected chi connectivity index (χ3v) is 4.26. The van der Waals surface area contributed by atoms with Gasteiger partial charge in [0.05, 0.1) is 12.7 Å². The molecule has 0 fully saturated rings. The summed E-state index contributed by atoms with van der Waals surface area (Å²) in [7, 11) is 2.19. The summed E-state index contributed by atoms with van der Waals surface area (Å²) in [4.78, 5) is 0. The van der Waals surface area contributed by atoms with Gasteiger partial charge in [-0.3, -0.25) is 0 Å². The molecule has 0 saturated heterocycles. The van der Waals surface area contributed by atoms with Crippen LogP contribution in [0, 0.1) is 0 Å². The molecule has 3 atom stereocenters. The van der Waals surface area contributed by atoms with Gasteiger partial charge in [-0.2, -0.15) is 0 Å². The van der Waals surface area contributed by atoms with Gasteiger partial charge in [0.1, 0.15) is 19.1 Å². The van der Waals surface area contributed by atoms with Gasteiger partial charge in [0.15, 0.2) is 11.8 Å². The molecule has 3 aliphatic rings. The molecule has 2 aliphatic heterocycles. The molecule has 17 heavy (non-hydrogen) atoms. The van der Waals surface area contributed by atoms with Crippen molar-refractivity contribution >= 4 is 5.71 Å².